The zero-order chi connectivity index (χ0) is 17.5. The topological polar surface area (TPSA) is 86.7 Å². The first kappa shape index (κ1) is 21.1. The predicted molar refractivity (Wildman–Crippen MR) is 111 cm³/mol. The number of anilines is 1. The molecule has 138 valence electrons. The van der Waals surface area contributed by atoms with E-state index in [0.29, 0.717) is 18.3 Å². The van der Waals surface area contributed by atoms with Gasteiger partial charge in [0, 0.05) is 24.8 Å². The molecule has 0 amide bonds. The highest BCUT2D eigenvalue weighted by Crippen LogP contribution is 2.28. The number of halogens is 1. The molecule has 0 radical (unpaired) electrons. The van der Waals surface area contributed by atoms with Gasteiger partial charge >= 0.3 is 0 Å². The second-order valence-electron chi connectivity index (χ2n) is 5.46. The van der Waals surface area contributed by atoms with Crippen LogP contribution >= 0.6 is 24.0 Å². The lowest BCUT2D eigenvalue weighted by Crippen LogP contribution is -2.23. The molecule has 7 nitrogen and oxygen atoms in total. The molecule has 25 heavy (non-hydrogen) atoms. The molecule has 0 unspecified atom stereocenters. The van der Waals surface area contributed by atoms with Crippen LogP contribution in [0.4, 0.5) is 5.69 Å². The molecule has 0 atom stereocenters. The predicted octanol–water partition coefficient (Wildman–Crippen LogP) is 2.95. The summed E-state index contributed by atoms with van der Waals surface area (Å²) in [5.74, 6) is 1.74. The van der Waals surface area contributed by atoms with Gasteiger partial charge in [-0.3, -0.25) is 9.67 Å². The first-order valence-electron chi connectivity index (χ1n) is 7.83. The molecule has 2 rings (SSSR count). The normalized spacial score (nSPS) is 11.0. The molecule has 1 aromatic heterocycles. The van der Waals surface area contributed by atoms with Gasteiger partial charge in [-0.1, -0.05) is 0 Å². The van der Waals surface area contributed by atoms with Crippen molar-refractivity contribution in [3.63, 3.8) is 0 Å². The van der Waals surface area contributed by atoms with Crippen LogP contribution in [-0.2, 0) is 6.54 Å². The Kier molecular flexibility index (Phi) is 8.53. The van der Waals surface area contributed by atoms with Gasteiger partial charge in [0.1, 0.15) is 11.5 Å². The van der Waals surface area contributed by atoms with Crippen molar-refractivity contribution in [2.75, 3.05) is 26.1 Å². The Bertz CT molecular complexity index is 715. The number of hydrogen-bond donors (Lipinski definition) is 2. The lowest BCUT2D eigenvalue weighted by Gasteiger charge is -2.12. The zero-order valence-electron chi connectivity index (χ0n) is 15.1. The number of rotatable bonds is 7. The Balaban J connectivity index is 0.00000312. The van der Waals surface area contributed by atoms with E-state index in [1.807, 2.05) is 36.7 Å². The Morgan fingerprint density at radius 1 is 1.24 bits per heavy atom. The molecule has 1 heterocycles. The second-order valence-corrected chi connectivity index (χ2v) is 5.46. The van der Waals surface area contributed by atoms with Crippen LogP contribution in [-0.4, -0.2) is 36.5 Å². The Morgan fingerprint density at radius 2 is 2.00 bits per heavy atom. The maximum Gasteiger partial charge on any atom is 0.193 e. The third kappa shape index (κ3) is 6.11. The fourth-order valence-electron chi connectivity index (χ4n) is 2.41. The van der Waals surface area contributed by atoms with Gasteiger partial charge < -0.3 is 20.5 Å². The van der Waals surface area contributed by atoms with E-state index in [-0.39, 0.29) is 24.0 Å². The highest BCUT2D eigenvalue weighted by molar-refractivity contribution is 14.0. The van der Waals surface area contributed by atoms with Gasteiger partial charge in [-0.05, 0) is 38.5 Å². The van der Waals surface area contributed by atoms with E-state index in [4.69, 9.17) is 15.2 Å². The van der Waals surface area contributed by atoms with Crippen molar-refractivity contribution < 1.29 is 9.47 Å². The van der Waals surface area contributed by atoms with Crippen molar-refractivity contribution in [3.05, 3.63) is 35.7 Å². The number of benzene rings is 1. The van der Waals surface area contributed by atoms with Crippen LogP contribution in [0, 0.1) is 13.8 Å². The van der Waals surface area contributed by atoms with Crippen molar-refractivity contribution in [1.82, 2.24) is 9.78 Å². The van der Waals surface area contributed by atoms with Crippen LogP contribution in [0.25, 0.3) is 0 Å². The molecule has 2 aromatic rings. The first-order chi connectivity index (χ1) is 11.5. The second kappa shape index (κ2) is 10.1. The summed E-state index contributed by atoms with van der Waals surface area (Å²) < 4.78 is 12.5. The minimum absolute atomic E-state index is 0. The Morgan fingerprint density at radius 3 is 2.60 bits per heavy atom. The number of nitrogens with two attached hydrogens (primary N) is 1. The molecule has 3 N–H and O–H groups in total. The maximum absolute atomic E-state index is 5.95. The third-order valence-electron chi connectivity index (χ3n) is 3.58. The zero-order valence-corrected chi connectivity index (χ0v) is 17.4. The van der Waals surface area contributed by atoms with Gasteiger partial charge in [0.25, 0.3) is 0 Å². The van der Waals surface area contributed by atoms with E-state index in [9.17, 15) is 0 Å². The smallest absolute Gasteiger partial charge is 0.193 e. The molecule has 0 aliphatic heterocycles. The SMILES string of the molecule is COc1ccc(OC)c(NC(N)=NCCCn2nc(C)cc2C)c1.I. The average molecular weight is 459 g/mol. The minimum atomic E-state index is 0. The molecular weight excluding hydrogens is 433 g/mol. The molecule has 0 saturated carbocycles. The van der Waals surface area contributed by atoms with Gasteiger partial charge in [-0.2, -0.15) is 5.10 Å². The van der Waals surface area contributed by atoms with E-state index in [2.05, 4.69) is 21.5 Å². The van der Waals surface area contributed by atoms with Crippen molar-refractivity contribution in [3.8, 4) is 11.5 Å². The van der Waals surface area contributed by atoms with Crippen molar-refractivity contribution >= 4 is 35.6 Å². The molecule has 0 bridgehead atoms. The molecule has 0 aliphatic rings. The number of aliphatic imine (C=N–C) groups is 1. The van der Waals surface area contributed by atoms with E-state index < -0.39 is 0 Å². The van der Waals surface area contributed by atoms with Crippen LogP contribution in [0.1, 0.15) is 17.8 Å². The summed E-state index contributed by atoms with van der Waals surface area (Å²) >= 11 is 0. The van der Waals surface area contributed by atoms with E-state index >= 15 is 0 Å². The molecule has 0 saturated heterocycles. The van der Waals surface area contributed by atoms with Gasteiger partial charge in [0.05, 0.1) is 25.6 Å². The number of nitrogens with one attached hydrogen (secondary N) is 1. The van der Waals surface area contributed by atoms with E-state index in [0.717, 1.165) is 35.8 Å². The van der Waals surface area contributed by atoms with Gasteiger partial charge in [-0.25, -0.2) is 0 Å². The van der Waals surface area contributed by atoms with Crippen LogP contribution < -0.4 is 20.5 Å². The lowest BCUT2D eigenvalue weighted by molar-refractivity contribution is 0.405. The molecule has 0 fully saturated rings. The molecule has 1 aromatic carbocycles. The number of hydrogen-bond acceptors (Lipinski definition) is 4. The maximum atomic E-state index is 5.95. The number of nitrogens with zero attached hydrogens (tertiary/aromatic N) is 3. The van der Waals surface area contributed by atoms with Crippen LogP contribution in [0.3, 0.4) is 0 Å². The minimum Gasteiger partial charge on any atom is -0.497 e. The average Bonchev–Trinajstić information content (AvgIpc) is 2.89. The quantitative estimate of drug-likeness (QED) is 0.288. The third-order valence-corrected chi connectivity index (χ3v) is 3.58. The van der Waals surface area contributed by atoms with E-state index in [1.54, 1.807) is 14.2 Å². The summed E-state index contributed by atoms with van der Waals surface area (Å²) in [4.78, 5) is 4.35. The summed E-state index contributed by atoms with van der Waals surface area (Å²) in [6, 6.07) is 7.52. The molecule has 0 spiro atoms. The number of aryl methyl sites for hydroxylation is 3. The highest BCUT2D eigenvalue weighted by Gasteiger charge is 2.06. The number of guanidine groups is 1. The van der Waals surface area contributed by atoms with Crippen molar-refractivity contribution in [1.29, 1.82) is 0 Å². The fraction of sp³-hybridized carbons (Fsp3) is 0.412. The fourth-order valence-corrected chi connectivity index (χ4v) is 2.41. The molecule has 8 heteroatoms. The van der Waals surface area contributed by atoms with Crippen molar-refractivity contribution in [2.24, 2.45) is 10.7 Å². The summed E-state index contributed by atoms with van der Waals surface area (Å²) in [6.45, 7) is 5.47. The lowest BCUT2D eigenvalue weighted by atomic mass is 10.2. The number of methoxy groups -OCH3 is 2. The summed E-state index contributed by atoms with van der Waals surface area (Å²) in [5.41, 5.74) is 8.86. The number of ether oxygens (including phenoxy) is 2. The molecular formula is C17H26IN5O2. The number of aromatic nitrogens is 2. The highest BCUT2D eigenvalue weighted by atomic mass is 127. The summed E-state index contributed by atoms with van der Waals surface area (Å²) in [7, 11) is 3.22. The Labute approximate surface area is 165 Å². The van der Waals surface area contributed by atoms with Crippen molar-refractivity contribution in [2.45, 2.75) is 26.8 Å². The van der Waals surface area contributed by atoms with Gasteiger partial charge in [0.2, 0.25) is 0 Å². The first-order valence-corrected chi connectivity index (χ1v) is 7.83. The summed E-state index contributed by atoms with van der Waals surface area (Å²) in [6.07, 6.45) is 0.861. The largest absolute Gasteiger partial charge is 0.497 e. The van der Waals surface area contributed by atoms with Crippen LogP contribution in [0.2, 0.25) is 0 Å². The van der Waals surface area contributed by atoms with Gasteiger partial charge in [0.15, 0.2) is 5.96 Å². The van der Waals surface area contributed by atoms with E-state index in [1.165, 1.54) is 0 Å². The van der Waals surface area contributed by atoms with Gasteiger partial charge in [-0.15, -0.1) is 24.0 Å². The molecule has 0 aliphatic carbocycles. The standard InChI is InChI=1S/C17H25N5O2.HI/c1-12-10-13(2)22(21-12)9-5-8-19-17(18)20-15-11-14(23-3)6-7-16(15)24-4;/h6-7,10-11H,5,8-9H2,1-4H3,(H3,18,19,20);1H. The Hall–Kier alpha value is -1.97. The summed E-state index contributed by atoms with van der Waals surface area (Å²) in [5, 5.41) is 7.48. The van der Waals surface area contributed by atoms with Crippen LogP contribution in [0.15, 0.2) is 29.3 Å². The monoisotopic (exact) mass is 459 g/mol. The van der Waals surface area contributed by atoms with Crippen LogP contribution in [0.5, 0.6) is 11.5 Å².